The number of fused-ring (bicyclic) bond motifs is 2. The van der Waals surface area contributed by atoms with E-state index in [1.54, 1.807) is 37.3 Å². The van der Waals surface area contributed by atoms with Crippen LogP contribution in [0.4, 0.5) is 9.59 Å². The van der Waals surface area contributed by atoms with Gasteiger partial charge in [0.15, 0.2) is 5.54 Å². The standard InChI is InChI=1S/C32H28N6O7/c1-31(27(41)33-29(43)35-31)15-37-14-20-11-18(6-10-23(20)25(37)39)17-3-7-21(8-4-17)32(28(42)34-30(44)36-32)16-38-13-19-5-9-22(45-2)12-24(19)26(38)40/h3-12H,13-16H2,1-2H3,(H2,33,35,41,43)(H2,34,36,42,44)/t31?,32-/m0/s1. The number of amides is 8. The predicted molar refractivity (Wildman–Crippen MR) is 158 cm³/mol. The van der Waals surface area contributed by atoms with Crippen molar-refractivity contribution in [2.24, 2.45) is 0 Å². The average molecular weight is 609 g/mol. The molecule has 0 bridgehead atoms. The van der Waals surface area contributed by atoms with Crippen molar-refractivity contribution in [3.8, 4) is 16.9 Å². The van der Waals surface area contributed by atoms with E-state index < -0.39 is 35.0 Å². The van der Waals surface area contributed by atoms with Crippen LogP contribution in [0.1, 0.15) is 44.3 Å². The maximum atomic E-state index is 13.3. The zero-order chi connectivity index (χ0) is 31.7. The van der Waals surface area contributed by atoms with Crippen molar-refractivity contribution in [2.45, 2.75) is 31.1 Å². The van der Waals surface area contributed by atoms with Gasteiger partial charge in [0.1, 0.15) is 11.3 Å². The Bertz CT molecular complexity index is 1860. The first-order valence-corrected chi connectivity index (χ1v) is 14.3. The number of nitrogens with one attached hydrogen (secondary N) is 4. The highest BCUT2D eigenvalue weighted by molar-refractivity contribution is 6.09. The van der Waals surface area contributed by atoms with E-state index in [9.17, 15) is 28.8 Å². The molecule has 13 nitrogen and oxygen atoms in total. The molecule has 45 heavy (non-hydrogen) atoms. The Kier molecular flexibility index (Phi) is 6.18. The van der Waals surface area contributed by atoms with E-state index in [0.717, 1.165) is 22.3 Å². The first-order chi connectivity index (χ1) is 21.5. The number of rotatable bonds is 7. The lowest BCUT2D eigenvalue weighted by atomic mass is 9.87. The molecule has 0 radical (unpaired) electrons. The van der Waals surface area contributed by atoms with Crippen LogP contribution < -0.4 is 26.0 Å². The van der Waals surface area contributed by atoms with Crippen LogP contribution in [0.3, 0.4) is 0 Å². The number of methoxy groups -OCH3 is 1. The van der Waals surface area contributed by atoms with Crippen molar-refractivity contribution in [3.05, 3.63) is 88.5 Å². The molecule has 2 atom stereocenters. The van der Waals surface area contributed by atoms with Crippen molar-refractivity contribution in [1.29, 1.82) is 0 Å². The second kappa shape index (κ2) is 9.91. The molecule has 0 spiro atoms. The SMILES string of the molecule is COc1ccc2c(c1)C(=O)N(C[C@@]1(c3ccc(-c4ccc5c(c4)CN(CC4(C)NC(=O)NC4=O)C5=O)cc3)NC(=O)NC1=O)C2. The lowest BCUT2D eigenvalue weighted by molar-refractivity contribution is -0.125. The van der Waals surface area contributed by atoms with E-state index in [4.69, 9.17) is 4.74 Å². The van der Waals surface area contributed by atoms with Crippen molar-refractivity contribution >= 4 is 35.7 Å². The molecule has 4 heterocycles. The van der Waals surface area contributed by atoms with Crippen LogP contribution in [-0.2, 0) is 28.2 Å². The topological polar surface area (TPSA) is 166 Å². The Labute approximate surface area is 256 Å². The van der Waals surface area contributed by atoms with Gasteiger partial charge in [0.2, 0.25) is 0 Å². The van der Waals surface area contributed by atoms with Gasteiger partial charge in [-0.15, -0.1) is 0 Å². The summed E-state index contributed by atoms with van der Waals surface area (Å²) in [6.45, 7) is 2.07. The highest BCUT2D eigenvalue weighted by Gasteiger charge is 2.50. The summed E-state index contributed by atoms with van der Waals surface area (Å²) in [6.07, 6.45) is 0. The van der Waals surface area contributed by atoms with Gasteiger partial charge in [-0.05, 0) is 59.0 Å². The molecule has 1 unspecified atom stereocenters. The summed E-state index contributed by atoms with van der Waals surface area (Å²) in [5, 5.41) is 9.88. The maximum absolute atomic E-state index is 13.3. The van der Waals surface area contributed by atoms with Gasteiger partial charge in [0.05, 0.1) is 20.2 Å². The molecule has 13 heteroatoms. The number of imide groups is 2. The van der Waals surface area contributed by atoms with E-state index in [-0.39, 0.29) is 38.0 Å². The number of hydrogen-bond donors (Lipinski definition) is 4. The number of carbonyl (C=O) groups excluding carboxylic acids is 6. The smallest absolute Gasteiger partial charge is 0.322 e. The Morgan fingerprint density at radius 2 is 1.33 bits per heavy atom. The molecule has 228 valence electrons. The van der Waals surface area contributed by atoms with Gasteiger partial charge in [0, 0.05) is 24.2 Å². The van der Waals surface area contributed by atoms with E-state index >= 15 is 0 Å². The molecule has 2 saturated heterocycles. The van der Waals surface area contributed by atoms with E-state index in [1.165, 1.54) is 16.9 Å². The molecule has 0 aromatic heterocycles. The monoisotopic (exact) mass is 608 g/mol. The van der Waals surface area contributed by atoms with Gasteiger partial charge >= 0.3 is 12.1 Å². The fourth-order valence-corrected chi connectivity index (χ4v) is 6.49. The van der Waals surface area contributed by atoms with Crippen molar-refractivity contribution in [2.75, 3.05) is 20.2 Å². The van der Waals surface area contributed by atoms with Crippen LogP contribution in [0.5, 0.6) is 5.75 Å². The summed E-state index contributed by atoms with van der Waals surface area (Å²) in [5.74, 6) is -0.988. The van der Waals surface area contributed by atoms with Gasteiger partial charge in [-0.3, -0.25) is 29.8 Å². The first-order valence-electron chi connectivity index (χ1n) is 14.3. The fraction of sp³-hybridized carbons (Fsp3) is 0.250. The van der Waals surface area contributed by atoms with Crippen molar-refractivity contribution in [1.82, 2.24) is 31.1 Å². The van der Waals surface area contributed by atoms with Gasteiger partial charge < -0.3 is 25.2 Å². The normalized spacial score (nSPS) is 23.5. The Balaban J connectivity index is 1.13. The zero-order valence-corrected chi connectivity index (χ0v) is 24.4. The maximum Gasteiger partial charge on any atom is 0.322 e. The van der Waals surface area contributed by atoms with Crippen LogP contribution in [-0.4, -0.2) is 71.2 Å². The number of benzene rings is 3. The predicted octanol–water partition coefficient (Wildman–Crippen LogP) is 1.61. The third-order valence-electron chi connectivity index (χ3n) is 8.89. The number of urea groups is 2. The molecule has 4 aliphatic rings. The quantitative estimate of drug-likeness (QED) is 0.296. The molecule has 4 aliphatic heterocycles. The van der Waals surface area contributed by atoms with E-state index in [1.807, 2.05) is 30.3 Å². The number of ether oxygens (including phenoxy) is 1. The minimum absolute atomic E-state index is 0.0239. The Morgan fingerprint density at radius 3 is 2.00 bits per heavy atom. The van der Waals surface area contributed by atoms with Crippen molar-refractivity contribution in [3.63, 3.8) is 0 Å². The lowest BCUT2D eigenvalue weighted by Gasteiger charge is -2.31. The summed E-state index contributed by atoms with van der Waals surface area (Å²) in [7, 11) is 1.52. The molecule has 8 amide bonds. The highest BCUT2D eigenvalue weighted by atomic mass is 16.5. The third kappa shape index (κ3) is 4.46. The second-order valence-electron chi connectivity index (χ2n) is 11.8. The van der Waals surface area contributed by atoms with Crippen LogP contribution in [0.2, 0.25) is 0 Å². The molecule has 7 rings (SSSR count). The van der Waals surface area contributed by atoms with Crippen LogP contribution in [0.25, 0.3) is 11.1 Å². The van der Waals surface area contributed by atoms with Gasteiger partial charge in [0.25, 0.3) is 23.6 Å². The van der Waals surface area contributed by atoms with Crippen LogP contribution >= 0.6 is 0 Å². The molecule has 3 aromatic rings. The first kappa shape index (κ1) is 28.1. The highest BCUT2D eigenvalue weighted by Crippen LogP contribution is 2.35. The Morgan fingerprint density at radius 1 is 0.689 bits per heavy atom. The lowest BCUT2D eigenvalue weighted by Crippen LogP contribution is -2.52. The number of carbonyl (C=O) groups is 6. The summed E-state index contributed by atoms with van der Waals surface area (Å²) in [6, 6.07) is 16.6. The zero-order valence-electron chi connectivity index (χ0n) is 24.4. The second-order valence-corrected chi connectivity index (χ2v) is 11.8. The fourth-order valence-electron chi connectivity index (χ4n) is 6.49. The minimum Gasteiger partial charge on any atom is -0.497 e. The number of nitrogens with zero attached hydrogens (tertiary/aromatic N) is 2. The van der Waals surface area contributed by atoms with Crippen LogP contribution in [0, 0.1) is 0 Å². The molecule has 0 aliphatic carbocycles. The summed E-state index contributed by atoms with van der Waals surface area (Å²) < 4.78 is 5.26. The average Bonchev–Trinajstić information content (AvgIpc) is 3.68. The molecule has 3 aromatic carbocycles. The van der Waals surface area contributed by atoms with Crippen molar-refractivity contribution < 1.29 is 33.5 Å². The van der Waals surface area contributed by atoms with E-state index in [2.05, 4.69) is 21.3 Å². The molecule has 2 fully saturated rings. The number of hydrogen-bond acceptors (Lipinski definition) is 7. The van der Waals surface area contributed by atoms with Gasteiger partial charge in [-0.1, -0.05) is 36.4 Å². The minimum atomic E-state index is -1.50. The molecule has 4 N–H and O–H groups in total. The largest absolute Gasteiger partial charge is 0.497 e. The van der Waals surface area contributed by atoms with E-state index in [0.29, 0.717) is 22.4 Å². The van der Waals surface area contributed by atoms with Crippen LogP contribution in [0.15, 0.2) is 60.7 Å². The summed E-state index contributed by atoms with van der Waals surface area (Å²) in [5.41, 5.74) is 1.99. The Hall–Kier alpha value is -5.72. The summed E-state index contributed by atoms with van der Waals surface area (Å²) >= 11 is 0. The third-order valence-corrected chi connectivity index (χ3v) is 8.89. The molecular weight excluding hydrogens is 580 g/mol. The van der Waals surface area contributed by atoms with Gasteiger partial charge in [-0.2, -0.15) is 0 Å². The molecular formula is C32H28N6O7. The summed E-state index contributed by atoms with van der Waals surface area (Å²) in [4.78, 5) is 79.0. The van der Waals surface area contributed by atoms with Gasteiger partial charge in [-0.25, -0.2) is 9.59 Å². The molecule has 0 saturated carbocycles.